The fourth-order valence-corrected chi connectivity index (χ4v) is 3.68. The molecule has 0 aromatic heterocycles. The van der Waals surface area contributed by atoms with Crippen molar-refractivity contribution in [2.24, 2.45) is 0 Å². The Hall–Kier alpha value is -2.37. The zero-order valence-electron chi connectivity index (χ0n) is 18.4. The Morgan fingerprint density at radius 3 is 2.70 bits per heavy atom. The van der Waals surface area contributed by atoms with Gasteiger partial charge in [-0.25, -0.2) is 4.39 Å². The van der Waals surface area contributed by atoms with Gasteiger partial charge in [-0.1, -0.05) is 24.3 Å². The fourth-order valence-electron chi connectivity index (χ4n) is 3.68. The molecule has 2 aromatic carbocycles. The van der Waals surface area contributed by atoms with Gasteiger partial charge in [-0.05, 0) is 70.5 Å². The molecular weight excluding hydrogens is 381 g/mol. The number of benzene rings is 2. The number of nitrogens with one attached hydrogen (secondary N) is 1. The first kappa shape index (κ1) is 22.3. The summed E-state index contributed by atoms with van der Waals surface area (Å²) >= 11 is 0. The highest BCUT2D eigenvalue weighted by atomic mass is 19.1. The molecule has 1 heterocycles. The summed E-state index contributed by atoms with van der Waals surface area (Å²) in [6, 6.07) is 12.6. The topological polar surface area (TPSA) is 39.7 Å². The molecular formula is C25H32FNO3. The summed E-state index contributed by atoms with van der Waals surface area (Å²) in [7, 11) is 0. The quantitative estimate of drug-likeness (QED) is 0.536. The van der Waals surface area contributed by atoms with Crippen LogP contribution in [0.2, 0.25) is 0 Å². The van der Waals surface area contributed by atoms with Crippen molar-refractivity contribution in [1.82, 2.24) is 0 Å². The van der Waals surface area contributed by atoms with E-state index >= 15 is 0 Å². The lowest BCUT2D eigenvalue weighted by Crippen LogP contribution is -2.51. The molecule has 0 radical (unpaired) electrons. The number of hydrogen-bond donors (Lipinski definition) is 1. The van der Waals surface area contributed by atoms with Gasteiger partial charge in [0.15, 0.2) is 0 Å². The summed E-state index contributed by atoms with van der Waals surface area (Å²) in [5, 5.41) is 3.37. The molecule has 162 valence electrons. The monoisotopic (exact) mass is 413 g/mol. The minimum absolute atomic E-state index is 0.0356. The maximum absolute atomic E-state index is 13.5. The van der Waals surface area contributed by atoms with E-state index < -0.39 is 5.60 Å². The van der Waals surface area contributed by atoms with Crippen LogP contribution in [0.1, 0.15) is 51.8 Å². The van der Waals surface area contributed by atoms with Crippen LogP contribution in [0.4, 0.5) is 10.1 Å². The predicted octanol–water partition coefficient (Wildman–Crippen LogP) is 6.04. The predicted molar refractivity (Wildman–Crippen MR) is 118 cm³/mol. The lowest BCUT2D eigenvalue weighted by molar-refractivity contribution is -0.168. The van der Waals surface area contributed by atoms with Crippen LogP contribution < -0.4 is 10.1 Å². The summed E-state index contributed by atoms with van der Waals surface area (Å²) in [6.45, 7) is 11.1. The standard InChI is InChI=1S/C25H32FNO3/c1-6-7-13-28-24-23(29-17(2)3)21-15-20(11-12-22(21)30-25(24,4)5)27-16-18-9-8-10-19(26)14-18/h6-12,14-15,17,23-24,27H,13,16H2,1-5H3. The lowest BCUT2D eigenvalue weighted by atomic mass is 9.87. The molecule has 2 atom stereocenters. The number of allylic oxidation sites excluding steroid dienone is 1. The van der Waals surface area contributed by atoms with Crippen LogP contribution in [0.25, 0.3) is 0 Å². The number of hydrogen-bond acceptors (Lipinski definition) is 4. The van der Waals surface area contributed by atoms with Crippen LogP contribution in [-0.2, 0) is 16.0 Å². The van der Waals surface area contributed by atoms with Gasteiger partial charge in [-0.15, -0.1) is 0 Å². The third-order valence-corrected chi connectivity index (χ3v) is 5.06. The van der Waals surface area contributed by atoms with E-state index in [0.717, 1.165) is 22.6 Å². The lowest BCUT2D eigenvalue weighted by Gasteiger charge is -2.44. The summed E-state index contributed by atoms with van der Waals surface area (Å²) in [5.74, 6) is 0.565. The van der Waals surface area contributed by atoms with Crippen molar-refractivity contribution in [3.05, 3.63) is 71.6 Å². The minimum Gasteiger partial charge on any atom is -0.485 e. The van der Waals surface area contributed by atoms with Crippen LogP contribution in [0.5, 0.6) is 5.75 Å². The zero-order valence-corrected chi connectivity index (χ0v) is 18.4. The third kappa shape index (κ3) is 5.41. The maximum atomic E-state index is 13.5. The van der Waals surface area contributed by atoms with E-state index in [2.05, 4.69) is 5.32 Å². The highest BCUT2D eigenvalue weighted by Gasteiger charge is 2.45. The van der Waals surface area contributed by atoms with Crippen LogP contribution in [0.15, 0.2) is 54.6 Å². The molecule has 1 aliphatic rings. The number of halogens is 1. The second-order valence-electron chi connectivity index (χ2n) is 8.37. The molecule has 5 heteroatoms. The van der Waals surface area contributed by atoms with E-state index in [4.69, 9.17) is 14.2 Å². The molecule has 1 aliphatic heterocycles. The third-order valence-electron chi connectivity index (χ3n) is 5.06. The van der Waals surface area contributed by atoms with Gasteiger partial charge in [-0.3, -0.25) is 0 Å². The second kappa shape index (κ2) is 9.63. The molecule has 30 heavy (non-hydrogen) atoms. The molecule has 2 aromatic rings. The van der Waals surface area contributed by atoms with Crippen LogP contribution in [-0.4, -0.2) is 24.4 Å². The van der Waals surface area contributed by atoms with Gasteiger partial charge in [0.05, 0.1) is 12.7 Å². The molecule has 0 amide bonds. The molecule has 0 saturated carbocycles. The summed E-state index contributed by atoms with van der Waals surface area (Å²) in [5.41, 5.74) is 2.22. The fraction of sp³-hybridized carbons (Fsp3) is 0.440. The van der Waals surface area contributed by atoms with E-state index in [1.54, 1.807) is 6.07 Å². The highest BCUT2D eigenvalue weighted by Crippen LogP contribution is 2.44. The average molecular weight is 414 g/mol. The van der Waals surface area contributed by atoms with Crippen molar-refractivity contribution in [2.75, 3.05) is 11.9 Å². The van der Waals surface area contributed by atoms with Crippen molar-refractivity contribution in [3.8, 4) is 5.75 Å². The molecule has 0 saturated heterocycles. The molecule has 0 aliphatic carbocycles. The van der Waals surface area contributed by atoms with Gasteiger partial charge in [0.25, 0.3) is 0 Å². The van der Waals surface area contributed by atoms with Crippen molar-refractivity contribution >= 4 is 5.69 Å². The smallest absolute Gasteiger partial charge is 0.132 e. The number of rotatable bonds is 8. The molecule has 4 nitrogen and oxygen atoms in total. The zero-order chi connectivity index (χ0) is 21.7. The molecule has 2 unspecified atom stereocenters. The Morgan fingerprint density at radius 2 is 2.00 bits per heavy atom. The number of anilines is 1. The molecule has 1 N–H and O–H groups in total. The van der Waals surface area contributed by atoms with Gasteiger partial charge in [0, 0.05) is 17.8 Å². The van der Waals surface area contributed by atoms with E-state index in [-0.39, 0.29) is 24.1 Å². The van der Waals surface area contributed by atoms with E-state index in [0.29, 0.717) is 13.2 Å². The minimum atomic E-state index is -0.537. The first-order chi connectivity index (χ1) is 14.3. The van der Waals surface area contributed by atoms with Crippen LogP contribution >= 0.6 is 0 Å². The van der Waals surface area contributed by atoms with E-state index in [1.807, 2.05) is 71.0 Å². The number of ether oxygens (including phenoxy) is 3. The van der Waals surface area contributed by atoms with Gasteiger partial charge >= 0.3 is 0 Å². The van der Waals surface area contributed by atoms with Gasteiger partial charge in [-0.2, -0.15) is 0 Å². The van der Waals surface area contributed by atoms with Crippen molar-refractivity contribution < 1.29 is 18.6 Å². The van der Waals surface area contributed by atoms with Crippen LogP contribution in [0.3, 0.4) is 0 Å². The first-order valence-corrected chi connectivity index (χ1v) is 10.5. The van der Waals surface area contributed by atoms with Gasteiger partial charge in [0.2, 0.25) is 0 Å². The van der Waals surface area contributed by atoms with E-state index in [9.17, 15) is 4.39 Å². The molecule has 0 fully saturated rings. The van der Waals surface area contributed by atoms with E-state index in [1.165, 1.54) is 12.1 Å². The van der Waals surface area contributed by atoms with Gasteiger partial charge < -0.3 is 19.5 Å². The normalized spacial score (nSPS) is 20.2. The molecule has 3 rings (SSSR count). The Labute approximate surface area is 179 Å². The van der Waals surface area contributed by atoms with Crippen molar-refractivity contribution in [2.45, 2.75) is 65.1 Å². The second-order valence-corrected chi connectivity index (χ2v) is 8.37. The Kier molecular flexibility index (Phi) is 7.16. The summed E-state index contributed by atoms with van der Waals surface area (Å²) in [6.07, 6.45) is 3.47. The first-order valence-electron chi connectivity index (χ1n) is 10.5. The molecule has 0 bridgehead atoms. The highest BCUT2D eigenvalue weighted by molar-refractivity contribution is 5.54. The number of fused-ring (bicyclic) bond motifs is 1. The van der Waals surface area contributed by atoms with Crippen molar-refractivity contribution in [1.29, 1.82) is 0 Å². The van der Waals surface area contributed by atoms with Crippen molar-refractivity contribution in [3.63, 3.8) is 0 Å². The Bertz CT molecular complexity index is 878. The Balaban J connectivity index is 1.87. The largest absolute Gasteiger partial charge is 0.485 e. The Morgan fingerprint density at radius 1 is 1.20 bits per heavy atom. The molecule has 0 spiro atoms. The van der Waals surface area contributed by atoms with Gasteiger partial charge in [0.1, 0.15) is 29.4 Å². The average Bonchev–Trinajstić information content (AvgIpc) is 2.68. The summed E-state index contributed by atoms with van der Waals surface area (Å²) < 4.78 is 32.3. The SMILES string of the molecule is CC=CCOC1C(OC(C)C)c2cc(NCc3cccc(F)c3)ccc2OC1(C)C. The van der Waals surface area contributed by atoms with Crippen LogP contribution in [0, 0.1) is 5.82 Å². The maximum Gasteiger partial charge on any atom is 0.132 e. The summed E-state index contributed by atoms with van der Waals surface area (Å²) in [4.78, 5) is 0.